The lowest BCUT2D eigenvalue weighted by Crippen LogP contribution is -2.05. The topological polar surface area (TPSA) is 144 Å². The molecule has 0 bridgehead atoms. The van der Waals surface area contributed by atoms with Crippen LogP contribution in [-0.4, -0.2) is 27.3 Å². The van der Waals surface area contributed by atoms with Gasteiger partial charge in [-0.1, -0.05) is 19.8 Å². The number of aromatic nitrogens is 2. The zero-order valence-corrected chi connectivity index (χ0v) is 10.4. The first kappa shape index (κ1) is 15.7. The van der Waals surface area contributed by atoms with E-state index in [1.54, 1.807) is 10.9 Å². The molecule has 0 aliphatic rings. The van der Waals surface area contributed by atoms with E-state index in [4.69, 9.17) is 29.0 Å². The maximum Gasteiger partial charge on any atom is 0.394 e. The summed E-state index contributed by atoms with van der Waals surface area (Å²) in [6, 6.07) is 0. The standard InChI is InChI=1S/C8H16N4.H2O4S/c1-2-3-4-5-12-8(10)7(9)6-11-12;1-5(2,3)4/h6H,2-5,9-10H2,1H3;(H2,1,2,3,4). The fourth-order valence-corrected chi connectivity index (χ4v) is 1.10. The summed E-state index contributed by atoms with van der Waals surface area (Å²) in [5.41, 5.74) is 11.8. The summed E-state index contributed by atoms with van der Waals surface area (Å²) in [7, 11) is -4.67. The van der Waals surface area contributed by atoms with Crippen molar-refractivity contribution in [3.63, 3.8) is 0 Å². The van der Waals surface area contributed by atoms with E-state index in [1.807, 2.05) is 0 Å². The van der Waals surface area contributed by atoms with E-state index in [0.29, 0.717) is 11.5 Å². The normalized spacial score (nSPS) is 10.8. The third-order valence-corrected chi connectivity index (χ3v) is 1.88. The Balaban J connectivity index is 0.000000437. The van der Waals surface area contributed by atoms with Gasteiger partial charge in [-0.25, -0.2) is 4.68 Å². The Labute approximate surface area is 100 Å². The highest BCUT2D eigenvalue weighted by Gasteiger charge is 2.01. The van der Waals surface area contributed by atoms with Gasteiger partial charge in [0.1, 0.15) is 5.82 Å². The molecule has 0 aliphatic carbocycles. The molecule has 0 radical (unpaired) electrons. The second-order valence-electron chi connectivity index (χ2n) is 3.36. The van der Waals surface area contributed by atoms with Crippen LogP contribution >= 0.6 is 0 Å². The Kier molecular flexibility index (Phi) is 6.54. The molecule has 0 atom stereocenters. The number of aryl methyl sites for hydroxylation is 1. The molecule has 0 amide bonds. The fraction of sp³-hybridized carbons (Fsp3) is 0.625. The molecular weight excluding hydrogens is 248 g/mol. The number of unbranched alkanes of at least 4 members (excludes halogenated alkanes) is 2. The maximum absolute atomic E-state index is 8.74. The van der Waals surface area contributed by atoms with E-state index in [0.717, 1.165) is 13.0 Å². The Morgan fingerprint density at radius 3 is 2.24 bits per heavy atom. The van der Waals surface area contributed by atoms with Crippen molar-refractivity contribution < 1.29 is 17.5 Å². The highest BCUT2D eigenvalue weighted by Crippen LogP contribution is 2.13. The van der Waals surface area contributed by atoms with E-state index >= 15 is 0 Å². The van der Waals surface area contributed by atoms with E-state index in [-0.39, 0.29) is 0 Å². The molecule has 8 nitrogen and oxygen atoms in total. The fourth-order valence-electron chi connectivity index (χ4n) is 1.10. The average molecular weight is 266 g/mol. The molecule has 1 rings (SSSR count). The van der Waals surface area contributed by atoms with Crippen molar-refractivity contribution in [2.45, 2.75) is 32.7 Å². The number of nitrogens with two attached hydrogens (primary N) is 2. The number of anilines is 2. The first-order valence-electron chi connectivity index (χ1n) is 5.02. The summed E-state index contributed by atoms with van der Waals surface area (Å²) in [6.07, 6.45) is 5.12. The molecule has 6 N–H and O–H groups in total. The van der Waals surface area contributed by atoms with Crippen LogP contribution in [0.15, 0.2) is 6.20 Å². The van der Waals surface area contributed by atoms with Gasteiger partial charge in [-0.3, -0.25) is 9.11 Å². The van der Waals surface area contributed by atoms with E-state index < -0.39 is 10.4 Å². The van der Waals surface area contributed by atoms with Crippen LogP contribution in [0.5, 0.6) is 0 Å². The molecule has 100 valence electrons. The first-order chi connectivity index (χ1) is 7.75. The van der Waals surface area contributed by atoms with Crippen LogP contribution < -0.4 is 11.5 Å². The summed E-state index contributed by atoms with van der Waals surface area (Å²) in [4.78, 5) is 0. The van der Waals surface area contributed by atoms with Gasteiger partial charge in [0.05, 0.1) is 11.9 Å². The molecule has 0 saturated carbocycles. The Hall–Kier alpha value is -1.32. The van der Waals surface area contributed by atoms with Crippen LogP contribution in [0.3, 0.4) is 0 Å². The van der Waals surface area contributed by atoms with Crippen molar-refractivity contribution >= 4 is 21.9 Å². The van der Waals surface area contributed by atoms with Crippen LogP contribution in [-0.2, 0) is 16.9 Å². The van der Waals surface area contributed by atoms with Crippen LogP contribution in [0.1, 0.15) is 26.2 Å². The molecule has 0 aromatic carbocycles. The summed E-state index contributed by atoms with van der Waals surface area (Å²) in [6.45, 7) is 3.04. The molecular formula is C8H18N4O4S. The highest BCUT2D eigenvalue weighted by molar-refractivity contribution is 7.79. The van der Waals surface area contributed by atoms with Gasteiger partial charge in [-0.15, -0.1) is 0 Å². The van der Waals surface area contributed by atoms with E-state index in [1.165, 1.54) is 12.8 Å². The predicted molar refractivity (Wildman–Crippen MR) is 64.8 cm³/mol. The monoisotopic (exact) mass is 266 g/mol. The van der Waals surface area contributed by atoms with Gasteiger partial charge in [-0.05, 0) is 6.42 Å². The van der Waals surface area contributed by atoms with Crippen LogP contribution in [0.4, 0.5) is 11.5 Å². The summed E-state index contributed by atoms with van der Waals surface area (Å²) in [5, 5.41) is 4.05. The third kappa shape index (κ3) is 8.48. The SMILES string of the molecule is CCCCCn1ncc(N)c1N.O=S(=O)(O)O. The van der Waals surface area contributed by atoms with E-state index in [2.05, 4.69) is 12.0 Å². The van der Waals surface area contributed by atoms with Crippen LogP contribution in [0.2, 0.25) is 0 Å². The Bertz CT molecular complexity index is 421. The number of rotatable bonds is 4. The molecule has 1 heterocycles. The second-order valence-corrected chi connectivity index (χ2v) is 4.26. The van der Waals surface area contributed by atoms with Gasteiger partial charge in [0, 0.05) is 6.54 Å². The minimum absolute atomic E-state index is 0.575. The van der Waals surface area contributed by atoms with Crippen molar-refractivity contribution in [2.75, 3.05) is 11.5 Å². The van der Waals surface area contributed by atoms with Gasteiger partial charge in [0.2, 0.25) is 0 Å². The zero-order valence-electron chi connectivity index (χ0n) is 9.57. The summed E-state index contributed by atoms with van der Waals surface area (Å²) < 4.78 is 33.3. The molecule has 1 aromatic heterocycles. The Morgan fingerprint density at radius 1 is 1.35 bits per heavy atom. The van der Waals surface area contributed by atoms with Gasteiger partial charge in [0.25, 0.3) is 0 Å². The van der Waals surface area contributed by atoms with Crippen molar-refractivity contribution in [1.29, 1.82) is 0 Å². The summed E-state index contributed by atoms with van der Waals surface area (Å²) in [5.74, 6) is 0.589. The molecule has 17 heavy (non-hydrogen) atoms. The van der Waals surface area contributed by atoms with Crippen molar-refractivity contribution in [3.05, 3.63) is 6.20 Å². The van der Waals surface area contributed by atoms with Gasteiger partial charge in [0.15, 0.2) is 0 Å². The molecule has 0 spiro atoms. The van der Waals surface area contributed by atoms with E-state index in [9.17, 15) is 0 Å². The van der Waals surface area contributed by atoms with Gasteiger partial charge in [-0.2, -0.15) is 13.5 Å². The lowest BCUT2D eigenvalue weighted by Gasteiger charge is -2.02. The molecule has 0 fully saturated rings. The third-order valence-electron chi connectivity index (χ3n) is 1.88. The number of hydrogen-bond acceptors (Lipinski definition) is 5. The van der Waals surface area contributed by atoms with Crippen molar-refractivity contribution in [3.8, 4) is 0 Å². The summed E-state index contributed by atoms with van der Waals surface area (Å²) >= 11 is 0. The average Bonchev–Trinajstić information content (AvgIpc) is 2.47. The highest BCUT2D eigenvalue weighted by atomic mass is 32.3. The Morgan fingerprint density at radius 2 is 1.88 bits per heavy atom. The molecule has 9 heteroatoms. The maximum atomic E-state index is 8.74. The molecule has 0 unspecified atom stereocenters. The number of hydrogen-bond donors (Lipinski definition) is 4. The smallest absolute Gasteiger partial charge is 0.394 e. The lowest BCUT2D eigenvalue weighted by atomic mass is 10.2. The first-order valence-corrected chi connectivity index (χ1v) is 6.42. The predicted octanol–water partition coefficient (Wildman–Crippen LogP) is 0.585. The van der Waals surface area contributed by atoms with Crippen LogP contribution in [0, 0.1) is 0 Å². The largest absolute Gasteiger partial charge is 0.394 e. The number of nitrogens with zero attached hydrogens (tertiary/aromatic N) is 2. The molecule has 1 aromatic rings. The molecule has 0 aliphatic heterocycles. The zero-order chi connectivity index (χ0) is 13.5. The second kappa shape index (κ2) is 7.09. The quantitative estimate of drug-likeness (QED) is 0.460. The van der Waals surface area contributed by atoms with Crippen molar-refractivity contribution in [1.82, 2.24) is 9.78 Å². The van der Waals surface area contributed by atoms with Crippen LogP contribution in [0.25, 0.3) is 0 Å². The lowest BCUT2D eigenvalue weighted by molar-refractivity contribution is 0.381. The minimum atomic E-state index is -4.67. The van der Waals surface area contributed by atoms with Gasteiger partial charge < -0.3 is 11.5 Å². The minimum Gasteiger partial charge on any atom is -0.394 e. The number of nitrogen functional groups attached to an aromatic ring is 2. The van der Waals surface area contributed by atoms with Gasteiger partial charge >= 0.3 is 10.4 Å². The molecule has 0 saturated heterocycles. The van der Waals surface area contributed by atoms with Crippen molar-refractivity contribution in [2.24, 2.45) is 0 Å².